The summed E-state index contributed by atoms with van der Waals surface area (Å²) >= 11 is 0. The number of rotatable bonds is 6. The fourth-order valence-corrected chi connectivity index (χ4v) is 2.63. The van der Waals surface area contributed by atoms with Gasteiger partial charge in [0.25, 0.3) is 0 Å². The summed E-state index contributed by atoms with van der Waals surface area (Å²) in [4.78, 5) is 2.49. The Kier molecular flexibility index (Phi) is 7.03. The minimum atomic E-state index is 0.804. The van der Waals surface area contributed by atoms with Gasteiger partial charge >= 0.3 is 0 Å². The van der Waals surface area contributed by atoms with Gasteiger partial charge in [-0.05, 0) is 25.4 Å². The lowest BCUT2D eigenvalue weighted by Gasteiger charge is -2.22. The van der Waals surface area contributed by atoms with Gasteiger partial charge in [-0.2, -0.15) is 0 Å². The van der Waals surface area contributed by atoms with Gasteiger partial charge in [0, 0.05) is 13.1 Å². The Balaban J connectivity index is 2.15. The first-order valence-corrected chi connectivity index (χ1v) is 6.79. The summed E-state index contributed by atoms with van der Waals surface area (Å²) in [5, 5.41) is 0. The molecule has 0 aromatic heterocycles. The topological polar surface area (TPSA) is 29.3 Å². The Bertz CT molecular complexity index is 139. The van der Waals surface area contributed by atoms with Gasteiger partial charge < -0.3 is 10.6 Å². The molecule has 0 heterocycles. The number of likely N-dealkylation sites (N-methyl/N-ethyl adjacent to an activating group) is 1. The van der Waals surface area contributed by atoms with Crippen molar-refractivity contribution in [3.05, 3.63) is 0 Å². The highest BCUT2D eigenvalue weighted by atomic mass is 15.1. The van der Waals surface area contributed by atoms with Crippen LogP contribution in [0.15, 0.2) is 0 Å². The third kappa shape index (κ3) is 5.53. The fourth-order valence-electron chi connectivity index (χ4n) is 2.63. The minimum absolute atomic E-state index is 0.804. The summed E-state index contributed by atoms with van der Waals surface area (Å²) in [5.41, 5.74) is 5.60. The zero-order valence-electron chi connectivity index (χ0n) is 10.4. The second kappa shape index (κ2) is 8.12. The first-order chi connectivity index (χ1) is 7.36. The average Bonchev–Trinajstić information content (AvgIpc) is 2.52. The highest BCUT2D eigenvalue weighted by Crippen LogP contribution is 2.25. The molecule has 2 nitrogen and oxygen atoms in total. The van der Waals surface area contributed by atoms with E-state index in [0.29, 0.717) is 0 Å². The summed E-state index contributed by atoms with van der Waals surface area (Å²) < 4.78 is 0. The Hall–Kier alpha value is -0.0800. The number of nitrogens with zero attached hydrogens (tertiary/aromatic N) is 1. The molecule has 2 N–H and O–H groups in total. The van der Waals surface area contributed by atoms with Gasteiger partial charge in [-0.25, -0.2) is 0 Å². The molecule has 1 saturated carbocycles. The molecule has 0 amide bonds. The lowest BCUT2D eigenvalue weighted by Crippen LogP contribution is -2.31. The first kappa shape index (κ1) is 13.0. The lowest BCUT2D eigenvalue weighted by atomic mass is 9.96. The molecule has 90 valence electrons. The van der Waals surface area contributed by atoms with Crippen LogP contribution in [0.4, 0.5) is 0 Å². The lowest BCUT2D eigenvalue weighted by molar-refractivity contribution is 0.261. The number of nitrogens with two attached hydrogens (primary N) is 1. The van der Waals surface area contributed by atoms with E-state index in [9.17, 15) is 0 Å². The van der Waals surface area contributed by atoms with Crippen molar-refractivity contribution in [1.29, 1.82) is 0 Å². The van der Waals surface area contributed by atoms with Gasteiger partial charge in [0.05, 0.1) is 0 Å². The summed E-state index contributed by atoms with van der Waals surface area (Å²) in [6.07, 6.45) is 10.2. The molecule has 0 radical (unpaired) electrons. The predicted molar refractivity (Wildman–Crippen MR) is 67.0 cm³/mol. The number of hydrogen-bond acceptors (Lipinski definition) is 2. The minimum Gasteiger partial charge on any atom is -0.329 e. The van der Waals surface area contributed by atoms with Crippen molar-refractivity contribution in [2.24, 2.45) is 11.7 Å². The van der Waals surface area contributed by atoms with Gasteiger partial charge in [0.2, 0.25) is 0 Å². The van der Waals surface area contributed by atoms with Crippen molar-refractivity contribution in [1.82, 2.24) is 4.90 Å². The number of hydrogen-bond donors (Lipinski definition) is 1. The molecule has 1 aliphatic rings. The summed E-state index contributed by atoms with van der Waals surface area (Å²) in [6, 6.07) is 0. The molecule has 0 aliphatic heterocycles. The molecule has 1 fully saturated rings. The molecule has 0 spiro atoms. The van der Waals surface area contributed by atoms with Crippen LogP contribution < -0.4 is 5.73 Å². The summed E-state index contributed by atoms with van der Waals surface area (Å²) in [7, 11) is 0. The molecule has 1 rings (SSSR count). The summed E-state index contributed by atoms with van der Waals surface area (Å²) in [5.74, 6) is 0.999. The fraction of sp³-hybridized carbons (Fsp3) is 1.00. The Labute approximate surface area is 95.2 Å². The maximum atomic E-state index is 5.60. The van der Waals surface area contributed by atoms with Crippen molar-refractivity contribution >= 4 is 0 Å². The standard InChI is InChI=1S/C13H28N2/c1-2-15(12-10-14)11-9-13-7-5-3-4-6-8-13/h13H,2-12,14H2,1H3. The molecule has 1 aliphatic carbocycles. The van der Waals surface area contributed by atoms with Crippen molar-refractivity contribution < 1.29 is 0 Å². The average molecular weight is 212 g/mol. The zero-order chi connectivity index (χ0) is 10.9. The molecule has 0 unspecified atom stereocenters. The molecular weight excluding hydrogens is 184 g/mol. The van der Waals surface area contributed by atoms with Crippen LogP contribution in [0.2, 0.25) is 0 Å². The van der Waals surface area contributed by atoms with E-state index in [1.807, 2.05) is 0 Å². The molecular formula is C13H28N2. The van der Waals surface area contributed by atoms with Crippen molar-refractivity contribution in [2.75, 3.05) is 26.2 Å². The van der Waals surface area contributed by atoms with Crippen LogP contribution >= 0.6 is 0 Å². The SMILES string of the molecule is CCN(CCN)CCC1CCCCCC1. The highest BCUT2D eigenvalue weighted by Gasteiger charge is 2.13. The Morgan fingerprint density at radius 1 is 1.07 bits per heavy atom. The molecule has 0 aromatic carbocycles. The van der Waals surface area contributed by atoms with Crippen LogP contribution in [0.1, 0.15) is 51.9 Å². The molecule has 15 heavy (non-hydrogen) atoms. The van der Waals surface area contributed by atoms with Crippen LogP contribution in [-0.2, 0) is 0 Å². The molecule has 0 atom stereocenters. The van der Waals surface area contributed by atoms with Gasteiger partial charge in [-0.15, -0.1) is 0 Å². The van der Waals surface area contributed by atoms with Gasteiger partial charge in [0.15, 0.2) is 0 Å². The van der Waals surface area contributed by atoms with E-state index < -0.39 is 0 Å². The van der Waals surface area contributed by atoms with E-state index >= 15 is 0 Å². The maximum absolute atomic E-state index is 5.60. The third-order valence-electron chi connectivity index (χ3n) is 3.72. The van der Waals surface area contributed by atoms with Crippen LogP contribution in [0.3, 0.4) is 0 Å². The van der Waals surface area contributed by atoms with E-state index in [1.165, 1.54) is 51.5 Å². The van der Waals surface area contributed by atoms with Gasteiger partial charge in [0.1, 0.15) is 0 Å². The van der Waals surface area contributed by atoms with E-state index in [0.717, 1.165) is 25.6 Å². The van der Waals surface area contributed by atoms with Crippen molar-refractivity contribution in [3.63, 3.8) is 0 Å². The van der Waals surface area contributed by atoms with Crippen molar-refractivity contribution in [2.45, 2.75) is 51.9 Å². The van der Waals surface area contributed by atoms with E-state index in [4.69, 9.17) is 5.73 Å². The summed E-state index contributed by atoms with van der Waals surface area (Å²) in [6.45, 7) is 6.53. The quantitative estimate of drug-likeness (QED) is 0.686. The monoisotopic (exact) mass is 212 g/mol. The maximum Gasteiger partial charge on any atom is 0.0104 e. The highest BCUT2D eigenvalue weighted by molar-refractivity contribution is 4.67. The van der Waals surface area contributed by atoms with Crippen LogP contribution in [0.25, 0.3) is 0 Å². The third-order valence-corrected chi connectivity index (χ3v) is 3.72. The molecule has 2 heteroatoms. The molecule has 0 bridgehead atoms. The van der Waals surface area contributed by atoms with E-state index in [1.54, 1.807) is 0 Å². The Morgan fingerprint density at radius 2 is 1.73 bits per heavy atom. The second-order valence-corrected chi connectivity index (χ2v) is 4.87. The zero-order valence-corrected chi connectivity index (χ0v) is 10.4. The van der Waals surface area contributed by atoms with Crippen molar-refractivity contribution in [3.8, 4) is 0 Å². The Morgan fingerprint density at radius 3 is 2.27 bits per heavy atom. The normalized spacial score (nSPS) is 19.4. The van der Waals surface area contributed by atoms with Gasteiger partial charge in [-0.1, -0.05) is 45.4 Å². The van der Waals surface area contributed by atoms with Gasteiger partial charge in [-0.3, -0.25) is 0 Å². The first-order valence-electron chi connectivity index (χ1n) is 6.79. The molecule has 0 aromatic rings. The smallest absolute Gasteiger partial charge is 0.0104 e. The predicted octanol–water partition coefficient (Wildman–Crippen LogP) is 2.63. The van der Waals surface area contributed by atoms with E-state index in [-0.39, 0.29) is 0 Å². The second-order valence-electron chi connectivity index (χ2n) is 4.87. The van der Waals surface area contributed by atoms with Crippen LogP contribution in [-0.4, -0.2) is 31.1 Å². The van der Waals surface area contributed by atoms with E-state index in [2.05, 4.69) is 11.8 Å². The largest absolute Gasteiger partial charge is 0.329 e. The van der Waals surface area contributed by atoms with Crippen LogP contribution in [0, 0.1) is 5.92 Å². The van der Waals surface area contributed by atoms with Crippen LogP contribution in [0.5, 0.6) is 0 Å². The molecule has 0 saturated heterocycles.